The maximum atomic E-state index is 13.8. The van der Waals surface area contributed by atoms with Crippen LogP contribution in [0.5, 0.6) is 0 Å². The molecule has 1 aromatic heterocycles. The normalized spacial score (nSPS) is 17.7. The van der Waals surface area contributed by atoms with Crippen LogP contribution in [0.15, 0.2) is 91.1 Å². The fraction of sp³-hybridized carbons (Fsp3) is 0.233. The van der Waals surface area contributed by atoms with E-state index in [4.69, 9.17) is 9.84 Å². The number of aromatic nitrogens is 2. The molecule has 1 unspecified atom stereocenters. The Morgan fingerprint density at radius 1 is 0.833 bits per heavy atom. The van der Waals surface area contributed by atoms with Crippen molar-refractivity contribution in [1.29, 1.82) is 0 Å². The maximum Gasteiger partial charge on any atom is 0.344 e. The summed E-state index contributed by atoms with van der Waals surface area (Å²) in [5, 5.41) is 4.75. The summed E-state index contributed by atoms with van der Waals surface area (Å²) in [6, 6.07) is 26.8. The second-order valence-corrected chi connectivity index (χ2v) is 9.39. The number of amides is 1. The van der Waals surface area contributed by atoms with Crippen LogP contribution in [0, 0.1) is 0 Å². The second kappa shape index (κ2) is 9.46. The maximum absolute atomic E-state index is 13.8. The second-order valence-electron chi connectivity index (χ2n) is 9.39. The van der Waals surface area contributed by atoms with Gasteiger partial charge in [-0.1, -0.05) is 86.0 Å². The minimum atomic E-state index is -0.743. The smallest absolute Gasteiger partial charge is 0.344 e. The summed E-state index contributed by atoms with van der Waals surface area (Å²) in [5.41, 5.74) is 3.95. The summed E-state index contributed by atoms with van der Waals surface area (Å²) in [5.74, 6) is -0.551. The summed E-state index contributed by atoms with van der Waals surface area (Å²) in [4.78, 5) is 29.0. The number of carbonyl (C=O) groups excluding carboxylic acids is 2. The Hall–Kier alpha value is -4.19. The molecule has 1 aliphatic carbocycles. The van der Waals surface area contributed by atoms with Gasteiger partial charge in [-0.05, 0) is 31.0 Å². The minimum absolute atomic E-state index is 0.0569. The molecule has 2 aliphatic rings. The van der Waals surface area contributed by atoms with Gasteiger partial charge < -0.3 is 4.74 Å². The lowest BCUT2D eigenvalue weighted by Gasteiger charge is -2.35. The Labute approximate surface area is 210 Å². The SMILES string of the molecule is O=C(OC1c2ccccc2C(=O)N1C1CCCCC1)c1cn(-c2ccccc2)nc1-c1ccccc1. The zero-order valence-corrected chi connectivity index (χ0v) is 19.9. The number of nitrogens with zero attached hydrogens (tertiary/aromatic N) is 3. The molecular formula is C30H27N3O3. The zero-order chi connectivity index (χ0) is 24.5. The molecule has 0 saturated heterocycles. The third-order valence-electron chi connectivity index (χ3n) is 7.13. The van der Waals surface area contributed by atoms with Gasteiger partial charge in [-0.25, -0.2) is 9.48 Å². The number of carbonyl (C=O) groups is 2. The lowest BCUT2D eigenvalue weighted by Crippen LogP contribution is -2.41. The summed E-state index contributed by atoms with van der Waals surface area (Å²) in [7, 11) is 0. The molecule has 1 aliphatic heterocycles. The fourth-order valence-corrected chi connectivity index (χ4v) is 5.35. The predicted octanol–water partition coefficient (Wildman–Crippen LogP) is 6.18. The lowest BCUT2D eigenvalue weighted by atomic mass is 9.94. The molecule has 6 rings (SSSR count). The minimum Gasteiger partial charge on any atom is -0.433 e. The molecule has 0 spiro atoms. The van der Waals surface area contributed by atoms with E-state index in [1.165, 1.54) is 6.42 Å². The van der Waals surface area contributed by atoms with Gasteiger partial charge in [-0.15, -0.1) is 0 Å². The van der Waals surface area contributed by atoms with Crippen LogP contribution in [0.1, 0.15) is 64.6 Å². The summed E-state index contributed by atoms with van der Waals surface area (Å²) < 4.78 is 7.88. The van der Waals surface area contributed by atoms with Crippen LogP contribution in [-0.2, 0) is 4.74 Å². The van der Waals surface area contributed by atoms with E-state index < -0.39 is 12.2 Å². The molecule has 1 atom stereocenters. The molecule has 4 aromatic rings. The fourth-order valence-electron chi connectivity index (χ4n) is 5.35. The molecule has 1 fully saturated rings. The first-order valence-corrected chi connectivity index (χ1v) is 12.5. The molecular weight excluding hydrogens is 450 g/mol. The molecule has 1 amide bonds. The van der Waals surface area contributed by atoms with Gasteiger partial charge >= 0.3 is 5.97 Å². The molecule has 6 nitrogen and oxygen atoms in total. The molecule has 6 heteroatoms. The van der Waals surface area contributed by atoms with E-state index in [9.17, 15) is 9.59 Å². The van der Waals surface area contributed by atoms with Crippen molar-refractivity contribution in [3.63, 3.8) is 0 Å². The number of rotatable bonds is 5. The number of ether oxygens (including phenoxy) is 1. The highest BCUT2D eigenvalue weighted by Crippen LogP contribution is 2.40. The van der Waals surface area contributed by atoms with Crippen LogP contribution in [0.25, 0.3) is 16.9 Å². The van der Waals surface area contributed by atoms with Gasteiger partial charge in [0.05, 0.1) is 5.69 Å². The van der Waals surface area contributed by atoms with E-state index in [0.29, 0.717) is 16.8 Å². The van der Waals surface area contributed by atoms with E-state index in [2.05, 4.69) is 0 Å². The van der Waals surface area contributed by atoms with Gasteiger partial charge in [0.15, 0.2) is 0 Å². The summed E-state index contributed by atoms with van der Waals surface area (Å²) >= 11 is 0. The number of hydrogen-bond donors (Lipinski definition) is 0. The van der Waals surface area contributed by atoms with Crippen LogP contribution >= 0.6 is 0 Å². The van der Waals surface area contributed by atoms with Gasteiger partial charge in [0.2, 0.25) is 6.23 Å². The van der Waals surface area contributed by atoms with Crippen molar-refractivity contribution in [1.82, 2.24) is 14.7 Å². The van der Waals surface area contributed by atoms with E-state index >= 15 is 0 Å². The molecule has 36 heavy (non-hydrogen) atoms. The Morgan fingerprint density at radius 2 is 1.50 bits per heavy atom. The summed E-state index contributed by atoms with van der Waals surface area (Å²) in [6.07, 6.45) is 6.15. The molecule has 2 heterocycles. The number of fused-ring (bicyclic) bond motifs is 1. The van der Waals surface area contributed by atoms with E-state index in [1.807, 2.05) is 84.9 Å². The van der Waals surface area contributed by atoms with Crippen LogP contribution < -0.4 is 0 Å². The zero-order valence-electron chi connectivity index (χ0n) is 19.9. The molecule has 0 bridgehead atoms. The van der Waals surface area contributed by atoms with Gasteiger partial charge in [0, 0.05) is 28.9 Å². The Kier molecular flexibility index (Phi) is 5.85. The van der Waals surface area contributed by atoms with Crippen molar-refractivity contribution in [3.8, 4) is 16.9 Å². The van der Waals surface area contributed by atoms with Crippen molar-refractivity contribution in [2.75, 3.05) is 0 Å². The van der Waals surface area contributed by atoms with Crippen LogP contribution in [0.2, 0.25) is 0 Å². The highest BCUT2D eigenvalue weighted by atomic mass is 16.6. The van der Waals surface area contributed by atoms with Crippen molar-refractivity contribution < 1.29 is 14.3 Å². The van der Waals surface area contributed by atoms with E-state index in [0.717, 1.165) is 42.5 Å². The van der Waals surface area contributed by atoms with Gasteiger partial charge in [-0.2, -0.15) is 5.10 Å². The lowest BCUT2D eigenvalue weighted by molar-refractivity contribution is -0.0365. The highest BCUT2D eigenvalue weighted by Gasteiger charge is 2.43. The Bertz CT molecular complexity index is 1390. The molecule has 0 radical (unpaired) electrons. The van der Waals surface area contributed by atoms with E-state index in [-0.39, 0.29) is 11.9 Å². The highest BCUT2D eigenvalue weighted by molar-refractivity contribution is 6.00. The third-order valence-corrected chi connectivity index (χ3v) is 7.13. The quantitative estimate of drug-likeness (QED) is 0.322. The Morgan fingerprint density at radius 3 is 2.25 bits per heavy atom. The summed E-state index contributed by atoms with van der Waals surface area (Å²) in [6.45, 7) is 0. The Balaban J connectivity index is 1.39. The number of hydrogen-bond acceptors (Lipinski definition) is 4. The topological polar surface area (TPSA) is 64.4 Å². The largest absolute Gasteiger partial charge is 0.433 e. The van der Waals surface area contributed by atoms with Crippen LogP contribution in [0.3, 0.4) is 0 Å². The van der Waals surface area contributed by atoms with Gasteiger partial charge in [-0.3, -0.25) is 9.69 Å². The number of para-hydroxylation sites is 1. The van der Waals surface area contributed by atoms with Gasteiger partial charge in [0.1, 0.15) is 11.3 Å². The first-order valence-electron chi connectivity index (χ1n) is 12.5. The van der Waals surface area contributed by atoms with Crippen molar-refractivity contribution in [2.24, 2.45) is 0 Å². The first-order chi connectivity index (χ1) is 17.7. The van der Waals surface area contributed by atoms with Crippen molar-refractivity contribution in [3.05, 3.63) is 108 Å². The third kappa shape index (κ3) is 3.98. The van der Waals surface area contributed by atoms with Gasteiger partial charge in [0.25, 0.3) is 5.91 Å². The standard InChI is InChI=1S/C30H27N3O3/c34-28-24-18-10-11-19-25(24)29(33(28)23-16-8-3-9-17-23)36-30(35)26-20-32(22-14-6-2-7-15-22)31-27(26)21-12-4-1-5-13-21/h1-2,4-7,10-15,18-20,23,29H,3,8-9,16-17H2. The molecule has 3 aromatic carbocycles. The molecule has 1 saturated carbocycles. The average Bonchev–Trinajstić information content (AvgIpc) is 3.51. The first kappa shape index (κ1) is 22.3. The number of esters is 1. The molecule has 0 N–H and O–H groups in total. The van der Waals surface area contributed by atoms with Crippen molar-refractivity contribution in [2.45, 2.75) is 44.4 Å². The van der Waals surface area contributed by atoms with Crippen LogP contribution in [0.4, 0.5) is 0 Å². The van der Waals surface area contributed by atoms with Crippen molar-refractivity contribution >= 4 is 11.9 Å². The average molecular weight is 478 g/mol. The number of benzene rings is 3. The van der Waals surface area contributed by atoms with E-state index in [1.54, 1.807) is 15.8 Å². The van der Waals surface area contributed by atoms with Crippen LogP contribution in [-0.4, -0.2) is 32.6 Å². The molecule has 180 valence electrons. The predicted molar refractivity (Wildman–Crippen MR) is 137 cm³/mol. The monoisotopic (exact) mass is 477 g/mol.